The van der Waals surface area contributed by atoms with Crippen LogP contribution in [0.3, 0.4) is 0 Å². The van der Waals surface area contributed by atoms with Crippen molar-refractivity contribution < 1.29 is 0 Å². The van der Waals surface area contributed by atoms with E-state index in [0.29, 0.717) is 11.8 Å². The molecular formula is C42H34. The van der Waals surface area contributed by atoms with E-state index in [9.17, 15) is 0 Å². The zero-order valence-corrected chi connectivity index (χ0v) is 23.8. The molecule has 0 heteroatoms. The third kappa shape index (κ3) is 4.39. The first kappa shape index (κ1) is 25.1. The van der Waals surface area contributed by atoms with Crippen molar-refractivity contribution in [1.29, 1.82) is 0 Å². The average Bonchev–Trinajstić information content (AvgIpc) is 3.07. The number of allylic oxidation sites excluding steroid dienone is 16. The molecule has 4 aliphatic rings. The van der Waals surface area contributed by atoms with Gasteiger partial charge in [0, 0.05) is 11.8 Å². The second kappa shape index (κ2) is 10.6. The SMILES string of the molecule is C1=CCC2C=CC(c3c4ccccc4c(C4=CC(c5ccccc5)=CC(C5=CCCC=C5)C4)c4ccccc34)=CC2=C1. The average molecular weight is 539 g/mol. The molecule has 42 heavy (non-hydrogen) atoms. The van der Waals surface area contributed by atoms with Crippen molar-refractivity contribution in [2.75, 3.05) is 0 Å². The Labute approximate surface area is 248 Å². The summed E-state index contributed by atoms with van der Waals surface area (Å²) in [5.74, 6) is 0.854. The van der Waals surface area contributed by atoms with E-state index in [1.54, 1.807) is 0 Å². The van der Waals surface area contributed by atoms with Crippen LogP contribution in [0.15, 0.2) is 157 Å². The Hall–Kier alpha value is -4.68. The monoisotopic (exact) mass is 538 g/mol. The predicted molar refractivity (Wildman–Crippen MR) is 181 cm³/mol. The molecule has 0 spiro atoms. The molecule has 0 aliphatic heterocycles. The van der Waals surface area contributed by atoms with E-state index in [-0.39, 0.29) is 0 Å². The molecule has 0 bridgehead atoms. The Morgan fingerprint density at radius 2 is 1.29 bits per heavy atom. The highest BCUT2D eigenvalue weighted by atomic mass is 14.3. The molecular weight excluding hydrogens is 504 g/mol. The van der Waals surface area contributed by atoms with Gasteiger partial charge in [0.2, 0.25) is 0 Å². The van der Waals surface area contributed by atoms with Gasteiger partial charge in [0.25, 0.3) is 0 Å². The standard InChI is InChI=1S/C42H34/c1-3-13-29(14-4-1)34-26-35(30-15-5-2-6-16-30)28-36(27-34)42-39-21-11-9-19-37(39)41(38-20-10-12-22-40(38)42)33-24-23-31-17-7-8-18-32(31)25-33/h1,3-5,7-16,18-27,31,35H,2,6,17,28H2. The fourth-order valence-corrected chi connectivity index (χ4v) is 7.31. The van der Waals surface area contributed by atoms with Gasteiger partial charge in [0.05, 0.1) is 0 Å². The molecule has 2 unspecified atom stereocenters. The third-order valence-electron chi connectivity index (χ3n) is 9.32. The van der Waals surface area contributed by atoms with Crippen molar-refractivity contribution in [2.45, 2.75) is 25.7 Å². The van der Waals surface area contributed by atoms with Crippen molar-refractivity contribution in [3.63, 3.8) is 0 Å². The number of fused-ring (bicyclic) bond motifs is 3. The maximum atomic E-state index is 2.50. The second-order valence-corrected chi connectivity index (χ2v) is 11.9. The van der Waals surface area contributed by atoms with Gasteiger partial charge in [-0.2, -0.15) is 0 Å². The van der Waals surface area contributed by atoms with Crippen LogP contribution in [0.2, 0.25) is 0 Å². The van der Waals surface area contributed by atoms with Crippen LogP contribution in [0, 0.1) is 11.8 Å². The summed E-state index contributed by atoms with van der Waals surface area (Å²) in [7, 11) is 0. The van der Waals surface area contributed by atoms with Crippen LogP contribution in [0.25, 0.3) is 38.3 Å². The number of benzene rings is 4. The van der Waals surface area contributed by atoms with Gasteiger partial charge in [0.15, 0.2) is 0 Å². The first-order chi connectivity index (χ1) is 20.8. The van der Waals surface area contributed by atoms with E-state index < -0.39 is 0 Å². The Bertz CT molecular complexity index is 1910. The number of hydrogen-bond donors (Lipinski definition) is 0. The minimum Gasteiger partial charge on any atom is -0.0839 e. The lowest BCUT2D eigenvalue weighted by atomic mass is 9.76. The largest absolute Gasteiger partial charge is 0.0839 e. The molecule has 202 valence electrons. The molecule has 0 amide bonds. The molecule has 4 aromatic rings. The van der Waals surface area contributed by atoms with E-state index in [0.717, 1.165) is 25.7 Å². The molecule has 4 aliphatic carbocycles. The third-order valence-corrected chi connectivity index (χ3v) is 9.32. The lowest BCUT2D eigenvalue weighted by Crippen LogP contribution is -2.09. The van der Waals surface area contributed by atoms with E-state index >= 15 is 0 Å². The fourth-order valence-electron chi connectivity index (χ4n) is 7.31. The van der Waals surface area contributed by atoms with Gasteiger partial charge in [-0.15, -0.1) is 0 Å². The lowest BCUT2D eigenvalue weighted by molar-refractivity contribution is 0.781. The van der Waals surface area contributed by atoms with Gasteiger partial charge < -0.3 is 0 Å². The molecule has 0 radical (unpaired) electrons. The molecule has 0 aromatic heterocycles. The zero-order valence-electron chi connectivity index (χ0n) is 23.8. The van der Waals surface area contributed by atoms with E-state index in [2.05, 4.69) is 146 Å². The summed E-state index contributed by atoms with van der Waals surface area (Å²) in [6, 6.07) is 29.1. The Morgan fingerprint density at radius 1 is 0.571 bits per heavy atom. The van der Waals surface area contributed by atoms with Crippen molar-refractivity contribution in [1.82, 2.24) is 0 Å². The summed E-state index contributed by atoms with van der Waals surface area (Å²) in [4.78, 5) is 0. The van der Waals surface area contributed by atoms with Crippen LogP contribution >= 0.6 is 0 Å². The normalized spacial score (nSPS) is 21.4. The summed E-state index contributed by atoms with van der Waals surface area (Å²) >= 11 is 0. The van der Waals surface area contributed by atoms with Crippen LogP contribution in [0.1, 0.15) is 42.4 Å². The fraction of sp³-hybridized carbons (Fsp3) is 0.143. The van der Waals surface area contributed by atoms with Crippen molar-refractivity contribution in [2.24, 2.45) is 11.8 Å². The molecule has 0 fully saturated rings. The van der Waals surface area contributed by atoms with Crippen LogP contribution < -0.4 is 0 Å². The number of hydrogen-bond acceptors (Lipinski definition) is 0. The van der Waals surface area contributed by atoms with E-state index in [1.165, 1.54) is 66.1 Å². The molecule has 4 aromatic carbocycles. The predicted octanol–water partition coefficient (Wildman–Crippen LogP) is 11.2. The summed E-state index contributed by atoms with van der Waals surface area (Å²) in [6.45, 7) is 0. The molecule has 0 N–H and O–H groups in total. The highest BCUT2D eigenvalue weighted by Gasteiger charge is 2.25. The lowest BCUT2D eigenvalue weighted by Gasteiger charge is -2.27. The minimum absolute atomic E-state index is 0.362. The van der Waals surface area contributed by atoms with Gasteiger partial charge in [0.1, 0.15) is 0 Å². The van der Waals surface area contributed by atoms with E-state index in [4.69, 9.17) is 0 Å². The first-order valence-corrected chi connectivity index (χ1v) is 15.4. The topological polar surface area (TPSA) is 0 Å². The quantitative estimate of drug-likeness (QED) is 0.227. The van der Waals surface area contributed by atoms with Gasteiger partial charge in [-0.05, 0) is 91.8 Å². The van der Waals surface area contributed by atoms with Gasteiger partial charge in [-0.1, -0.05) is 146 Å². The molecule has 0 heterocycles. The minimum atomic E-state index is 0.362. The van der Waals surface area contributed by atoms with Gasteiger partial charge in [-0.3, -0.25) is 0 Å². The van der Waals surface area contributed by atoms with Crippen LogP contribution in [0.5, 0.6) is 0 Å². The van der Waals surface area contributed by atoms with E-state index in [1.807, 2.05) is 0 Å². The summed E-state index contributed by atoms with van der Waals surface area (Å²) < 4.78 is 0. The Balaban J connectivity index is 1.37. The molecule has 0 saturated carbocycles. The zero-order chi connectivity index (χ0) is 27.9. The number of rotatable bonds is 4. The highest BCUT2D eigenvalue weighted by molar-refractivity contribution is 6.17. The van der Waals surface area contributed by atoms with Crippen LogP contribution in [0.4, 0.5) is 0 Å². The van der Waals surface area contributed by atoms with Gasteiger partial charge >= 0.3 is 0 Å². The molecule has 8 rings (SSSR count). The second-order valence-electron chi connectivity index (χ2n) is 11.9. The summed E-state index contributed by atoms with van der Waals surface area (Å²) in [5, 5.41) is 5.34. The van der Waals surface area contributed by atoms with Crippen molar-refractivity contribution >= 4 is 38.3 Å². The molecule has 0 saturated heterocycles. The maximum Gasteiger partial charge on any atom is 0.00645 e. The van der Waals surface area contributed by atoms with Crippen molar-refractivity contribution in [3.05, 3.63) is 174 Å². The molecule has 2 atom stereocenters. The molecule has 0 nitrogen and oxygen atoms in total. The van der Waals surface area contributed by atoms with Gasteiger partial charge in [-0.25, -0.2) is 0 Å². The Morgan fingerprint density at radius 3 is 2.00 bits per heavy atom. The highest BCUT2D eigenvalue weighted by Crippen LogP contribution is 2.46. The Kier molecular flexibility index (Phi) is 6.34. The maximum absolute atomic E-state index is 2.50. The summed E-state index contributed by atoms with van der Waals surface area (Å²) in [5.41, 5.74) is 10.9. The van der Waals surface area contributed by atoms with Crippen LogP contribution in [-0.2, 0) is 0 Å². The summed E-state index contributed by atoms with van der Waals surface area (Å²) in [6.07, 6.45) is 30.5. The van der Waals surface area contributed by atoms with Crippen LogP contribution in [-0.4, -0.2) is 0 Å². The smallest absolute Gasteiger partial charge is 0.00645 e. The van der Waals surface area contributed by atoms with Crippen molar-refractivity contribution in [3.8, 4) is 0 Å². The first-order valence-electron chi connectivity index (χ1n) is 15.4.